The van der Waals surface area contributed by atoms with E-state index in [0.29, 0.717) is 48.6 Å². The summed E-state index contributed by atoms with van der Waals surface area (Å²) in [6.45, 7) is 0. The van der Waals surface area contributed by atoms with Crippen LogP contribution in [0.3, 0.4) is 0 Å². The van der Waals surface area contributed by atoms with Crippen molar-refractivity contribution in [3.63, 3.8) is 0 Å². The first-order valence-electron chi connectivity index (χ1n) is 13.4. The van der Waals surface area contributed by atoms with Gasteiger partial charge in [0.05, 0.1) is 14.2 Å². The van der Waals surface area contributed by atoms with E-state index in [1.54, 1.807) is 61.7 Å². The molecule has 11 heteroatoms. The molecule has 0 aliphatic heterocycles. The summed E-state index contributed by atoms with van der Waals surface area (Å²) in [5, 5.41) is 33.0. The number of rotatable bonds is 5. The average Bonchev–Trinajstić information content (AvgIpc) is 3.01. The molecular formula is C34H27BCl4O6. The van der Waals surface area contributed by atoms with Crippen LogP contribution in [0.4, 0.5) is 0 Å². The monoisotopic (exact) mass is 682 g/mol. The number of phenols is 1. The Balaban J connectivity index is 0.000000165. The van der Waals surface area contributed by atoms with Crippen molar-refractivity contribution in [3.8, 4) is 28.7 Å². The fourth-order valence-electron chi connectivity index (χ4n) is 4.34. The van der Waals surface area contributed by atoms with Crippen molar-refractivity contribution in [1.29, 1.82) is 0 Å². The van der Waals surface area contributed by atoms with Crippen molar-refractivity contribution in [3.05, 3.63) is 129 Å². The third-order valence-corrected chi connectivity index (χ3v) is 7.31. The van der Waals surface area contributed by atoms with Crippen molar-refractivity contribution >= 4 is 80.5 Å². The Morgan fingerprint density at radius 3 is 1.58 bits per heavy atom. The van der Waals surface area contributed by atoms with Crippen LogP contribution in [0.5, 0.6) is 28.7 Å². The van der Waals surface area contributed by atoms with Gasteiger partial charge in [0.1, 0.15) is 17.2 Å². The molecule has 0 unspecified atom stereocenters. The summed E-state index contributed by atoms with van der Waals surface area (Å²) in [7, 11) is 1.63. The van der Waals surface area contributed by atoms with Gasteiger partial charge in [-0.3, -0.25) is 0 Å². The van der Waals surface area contributed by atoms with Crippen LogP contribution in [-0.4, -0.2) is 36.5 Å². The van der Waals surface area contributed by atoms with Gasteiger partial charge in [0.25, 0.3) is 0 Å². The van der Waals surface area contributed by atoms with Gasteiger partial charge in [0.2, 0.25) is 0 Å². The summed E-state index contributed by atoms with van der Waals surface area (Å²) < 4.78 is 16.2. The lowest BCUT2D eigenvalue weighted by molar-refractivity contribution is 0.380. The maximum atomic E-state index is 9.52. The van der Waals surface area contributed by atoms with Crippen LogP contribution in [0.2, 0.25) is 20.1 Å². The molecule has 0 fully saturated rings. The summed E-state index contributed by atoms with van der Waals surface area (Å²) in [5.74, 6) is 2.64. The highest BCUT2D eigenvalue weighted by Gasteiger charge is 2.15. The highest BCUT2D eigenvalue weighted by molar-refractivity contribution is 6.59. The van der Waals surface area contributed by atoms with Crippen LogP contribution < -0.4 is 19.7 Å². The molecule has 0 aliphatic carbocycles. The smallest absolute Gasteiger partial charge is 0.492 e. The van der Waals surface area contributed by atoms with Crippen LogP contribution in [0.1, 0.15) is 0 Å². The summed E-state index contributed by atoms with van der Waals surface area (Å²) in [5.41, 5.74) is 0.384. The zero-order valence-electron chi connectivity index (χ0n) is 24.0. The first-order valence-corrected chi connectivity index (χ1v) is 14.9. The highest BCUT2D eigenvalue weighted by Crippen LogP contribution is 2.37. The molecule has 3 N–H and O–H groups in total. The number of hydrogen-bond donors (Lipinski definition) is 3. The molecule has 0 saturated heterocycles. The zero-order valence-corrected chi connectivity index (χ0v) is 27.1. The normalized spacial score (nSPS) is 10.3. The van der Waals surface area contributed by atoms with E-state index >= 15 is 0 Å². The van der Waals surface area contributed by atoms with Gasteiger partial charge in [-0.2, -0.15) is 0 Å². The standard InChI is InChI=1S/C17H12Cl2O2.C10H6Cl2O.C7H9BO3/c1-20-15-4-2-3-5-16(15)21-17-10-13(19)9-11-8-12(18)6-7-14(11)17;11-7-1-2-9-6(3-7)4-8(12)5-10(9)13;1-11-7-5-3-2-4-6(7)8(9)10/h2-10H,1H3;1-5,13H;2-5,9-10H,1H3. The highest BCUT2D eigenvalue weighted by atomic mass is 35.5. The average molecular weight is 684 g/mol. The van der Waals surface area contributed by atoms with Crippen LogP contribution >= 0.6 is 46.4 Å². The van der Waals surface area contributed by atoms with Gasteiger partial charge in [-0.25, -0.2) is 0 Å². The molecule has 6 aromatic carbocycles. The van der Waals surface area contributed by atoms with Crippen LogP contribution in [-0.2, 0) is 0 Å². The maximum Gasteiger partial charge on any atom is 0.492 e. The molecule has 230 valence electrons. The van der Waals surface area contributed by atoms with Crippen molar-refractivity contribution in [2.24, 2.45) is 0 Å². The minimum atomic E-state index is -1.47. The third-order valence-electron chi connectivity index (χ3n) is 6.41. The molecule has 0 radical (unpaired) electrons. The number of ether oxygens (including phenoxy) is 3. The van der Waals surface area contributed by atoms with E-state index in [1.165, 1.54) is 13.2 Å². The second-order valence-electron chi connectivity index (χ2n) is 9.43. The van der Waals surface area contributed by atoms with Gasteiger partial charge >= 0.3 is 7.12 Å². The van der Waals surface area contributed by atoms with E-state index in [1.807, 2.05) is 48.5 Å². The van der Waals surface area contributed by atoms with E-state index in [-0.39, 0.29) is 5.75 Å². The van der Waals surface area contributed by atoms with Crippen LogP contribution in [0.15, 0.2) is 109 Å². The Morgan fingerprint density at radius 1 is 0.511 bits per heavy atom. The molecule has 0 spiro atoms. The number of para-hydroxylation sites is 3. The summed E-state index contributed by atoms with van der Waals surface area (Å²) in [6.07, 6.45) is 0. The lowest BCUT2D eigenvalue weighted by Gasteiger charge is -2.12. The SMILES string of the molecule is COc1ccccc1B(O)O.COc1ccccc1Oc1cc(Cl)cc2cc(Cl)ccc12.Oc1cc(Cl)cc2cc(Cl)ccc12. The molecule has 0 heterocycles. The zero-order chi connectivity index (χ0) is 32.5. The molecule has 0 saturated carbocycles. The Bertz CT molecular complexity index is 1910. The lowest BCUT2D eigenvalue weighted by Crippen LogP contribution is -2.30. The van der Waals surface area contributed by atoms with Crippen LogP contribution in [0.25, 0.3) is 21.5 Å². The Kier molecular flexibility index (Phi) is 12.1. The second-order valence-corrected chi connectivity index (χ2v) is 11.2. The van der Waals surface area contributed by atoms with Gasteiger partial charge in [-0.1, -0.05) is 76.7 Å². The van der Waals surface area contributed by atoms with E-state index in [0.717, 1.165) is 21.5 Å². The number of aromatic hydroxyl groups is 1. The number of fused-ring (bicyclic) bond motifs is 2. The number of phenolic OH excluding ortho intramolecular Hbond substituents is 1. The number of benzene rings is 6. The Morgan fingerprint density at radius 2 is 1.00 bits per heavy atom. The van der Waals surface area contributed by atoms with Gasteiger partial charge in [-0.15, -0.1) is 0 Å². The molecule has 6 aromatic rings. The summed E-state index contributed by atoms with van der Waals surface area (Å²) >= 11 is 23.8. The van der Waals surface area contributed by atoms with Crippen molar-refractivity contribution < 1.29 is 29.4 Å². The van der Waals surface area contributed by atoms with E-state index < -0.39 is 7.12 Å². The number of halogens is 4. The third kappa shape index (κ3) is 9.11. The predicted octanol–water partition coefficient (Wildman–Crippen LogP) is 9.17. The molecule has 0 aromatic heterocycles. The van der Waals surface area contributed by atoms with Gasteiger partial charge < -0.3 is 29.4 Å². The summed E-state index contributed by atoms with van der Waals surface area (Å²) in [4.78, 5) is 0. The second kappa shape index (κ2) is 16.0. The fourth-order valence-corrected chi connectivity index (χ4v) is 5.14. The van der Waals surface area contributed by atoms with Gasteiger partial charge in [-0.05, 0) is 83.6 Å². The quantitative estimate of drug-likeness (QED) is 0.157. The number of methoxy groups -OCH3 is 2. The molecule has 45 heavy (non-hydrogen) atoms. The van der Waals surface area contributed by atoms with Crippen molar-refractivity contribution in [2.45, 2.75) is 0 Å². The Labute approximate surface area is 281 Å². The first kappa shape index (κ1) is 34.1. The van der Waals surface area contributed by atoms with Crippen LogP contribution in [0, 0.1) is 0 Å². The van der Waals surface area contributed by atoms with E-state index in [4.69, 9.17) is 70.7 Å². The molecule has 6 rings (SSSR count). The van der Waals surface area contributed by atoms with E-state index in [2.05, 4.69) is 0 Å². The van der Waals surface area contributed by atoms with Crippen molar-refractivity contribution in [2.75, 3.05) is 14.2 Å². The van der Waals surface area contributed by atoms with Crippen molar-refractivity contribution in [1.82, 2.24) is 0 Å². The minimum Gasteiger partial charge on any atom is -0.507 e. The first-order chi connectivity index (χ1) is 21.6. The molecule has 0 atom stereocenters. The molecule has 0 bridgehead atoms. The molecule has 0 aliphatic rings. The Hall–Kier alpha value is -3.82. The molecular weight excluding hydrogens is 657 g/mol. The topological polar surface area (TPSA) is 88.4 Å². The van der Waals surface area contributed by atoms with E-state index in [9.17, 15) is 5.11 Å². The molecule has 6 nitrogen and oxygen atoms in total. The predicted molar refractivity (Wildman–Crippen MR) is 185 cm³/mol. The summed E-state index contributed by atoms with van der Waals surface area (Å²) in [6, 6.07) is 32.0. The molecule has 0 amide bonds. The van der Waals surface area contributed by atoms with Gasteiger partial charge in [0, 0.05) is 42.4 Å². The van der Waals surface area contributed by atoms with Gasteiger partial charge in [0.15, 0.2) is 11.5 Å². The number of hydrogen-bond acceptors (Lipinski definition) is 6. The lowest BCUT2D eigenvalue weighted by atomic mass is 9.80. The minimum absolute atomic E-state index is 0.180. The maximum absolute atomic E-state index is 9.52. The largest absolute Gasteiger partial charge is 0.507 e. The fraction of sp³-hybridized carbons (Fsp3) is 0.0588.